The molecular formula is C24H22N4O2. The van der Waals surface area contributed by atoms with Crippen molar-refractivity contribution in [2.45, 2.75) is 19.4 Å². The van der Waals surface area contributed by atoms with Crippen LogP contribution < -0.4 is 10.5 Å². The fourth-order valence-electron chi connectivity index (χ4n) is 3.69. The Labute approximate surface area is 173 Å². The third kappa shape index (κ3) is 3.53. The Bertz CT molecular complexity index is 1290. The molecule has 0 radical (unpaired) electrons. The van der Waals surface area contributed by atoms with E-state index in [1.54, 1.807) is 6.20 Å². The molecule has 0 aliphatic heterocycles. The van der Waals surface area contributed by atoms with Crippen LogP contribution in [-0.2, 0) is 6.42 Å². The minimum absolute atomic E-state index is 0.207. The highest BCUT2D eigenvalue weighted by Crippen LogP contribution is 2.28. The van der Waals surface area contributed by atoms with Gasteiger partial charge in [0.1, 0.15) is 23.2 Å². The van der Waals surface area contributed by atoms with Crippen LogP contribution in [0.4, 0.5) is 0 Å². The number of rotatable bonds is 6. The van der Waals surface area contributed by atoms with Crippen LogP contribution in [0.25, 0.3) is 33.0 Å². The van der Waals surface area contributed by atoms with Crippen molar-refractivity contribution in [3.8, 4) is 16.9 Å². The lowest BCUT2D eigenvalue weighted by Gasteiger charge is -2.16. The minimum atomic E-state index is -0.207. The molecule has 0 fully saturated rings. The second-order valence-corrected chi connectivity index (χ2v) is 7.41. The molecule has 2 aromatic carbocycles. The van der Waals surface area contributed by atoms with Gasteiger partial charge >= 0.3 is 0 Å². The summed E-state index contributed by atoms with van der Waals surface area (Å²) in [7, 11) is 0. The van der Waals surface area contributed by atoms with Crippen LogP contribution >= 0.6 is 0 Å². The molecule has 5 aromatic rings. The first-order valence-electron chi connectivity index (χ1n) is 9.94. The summed E-state index contributed by atoms with van der Waals surface area (Å²) >= 11 is 0. The van der Waals surface area contributed by atoms with Gasteiger partial charge in [-0.2, -0.15) is 5.10 Å². The first-order chi connectivity index (χ1) is 14.7. The number of hydrogen-bond acceptors (Lipinski definition) is 5. The van der Waals surface area contributed by atoms with Crippen molar-refractivity contribution in [2.24, 2.45) is 5.73 Å². The average Bonchev–Trinajstić information content (AvgIpc) is 3.36. The van der Waals surface area contributed by atoms with Crippen molar-refractivity contribution in [2.75, 3.05) is 6.54 Å². The maximum absolute atomic E-state index is 6.16. The van der Waals surface area contributed by atoms with E-state index in [9.17, 15) is 0 Å². The van der Waals surface area contributed by atoms with Gasteiger partial charge in [0.15, 0.2) is 0 Å². The SMILES string of the molecule is Cc1n[nH]c2ccc(-c3cncc(OC(CN)Cc4cc5ccccc5o4)c3)cc12. The lowest BCUT2D eigenvalue weighted by atomic mass is 10.0. The standard InChI is InChI=1S/C24H22N4O2/c1-15-22-10-16(6-7-23(22)28-27-15)18-9-21(14-26-13-18)29-20(12-25)11-19-8-17-4-2-3-5-24(17)30-19/h2-10,13-14,20H,11-12,25H2,1H3,(H,27,28). The minimum Gasteiger partial charge on any atom is -0.487 e. The molecular weight excluding hydrogens is 376 g/mol. The summed E-state index contributed by atoms with van der Waals surface area (Å²) < 4.78 is 12.1. The first-order valence-corrected chi connectivity index (χ1v) is 9.94. The summed E-state index contributed by atoms with van der Waals surface area (Å²) in [4.78, 5) is 4.37. The van der Waals surface area contributed by atoms with E-state index < -0.39 is 0 Å². The summed E-state index contributed by atoms with van der Waals surface area (Å²) in [5.74, 6) is 1.54. The van der Waals surface area contributed by atoms with Crippen LogP contribution in [0.1, 0.15) is 11.5 Å². The topological polar surface area (TPSA) is 90.0 Å². The lowest BCUT2D eigenvalue weighted by Crippen LogP contribution is -2.28. The van der Waals surface area contributed by atoms with Crippen molar-refractivity contribution in [1.82, 2.24) is 15.2 Å². The number of H-pyrrole nitrogens is 1. The maximum atomic E-state index is 6.16. The number of nitrogens with zero attached hydrogens (tertiary/aromatic N) is 2. The quantitative estimate of drug-likeness (QED) is 0.435. The Morgan fingerprint density at radius 3 is 2.83 bits per heavy atom. The Morgan fingerprint density at radius 2 is 1.97 bits per heavy atom. The van der Waals surface area contributed by atoms with Crippen LogP contribution in [0.5, 0.6) is 5.75 Å². The molecule has 1 unspecified atom stereocenters. The largest absolute Gasteiger partial charge is 0.487 e. The molecule has 6 heteroatoms. The molecule has 150 valence electrons. The predicted molar refractivity (Wildman–Crippen MR) is 117 cm³/mol. The number of nitrogens with one attached hydrogen (secondary N) is 1. The fourth-order valence-corrected chi connectivity index (χ4v) is 3.69. The third-order valence-electron chi connectivity index (χ3n) is 5.27. The monoisotopic (exact) mass is 398 g/mol. The van der Waals surface area contributed by atoms with Crippen molar-refractivity contribution in [3.05, 3.63) is 78.4 Å². The summed E-state index contributed by atoms with van der Waals surface area (Å²) in [6.07, 6.45) is 3.93. The van der Waals surface area contributed by atoms with Gasteiger partial charge < -0.3 is 14.9 Å². The molecule has 1 atom stereocenters. The van der Waals surface area contributed by atoms with Gasteiger partial charge in [-0.25, -0.2) is 0 Å². The van der Waals surface area contributed by atoms with Gasteiger partial charge in [-0.15, -0.1) is 0 Å². The normalized spacial score (nSPS) is 12.5. The van der Waals surface area contributed by atoms with Crippen LogP contribution in [0.15, 0.2) is 71.4 Å². The zero-order valence-electron chi connectivity index (χ0n) is 16.6. The van der Waals surface area contributed by atoms with Gasteiger partial charge in [0.05, 0.1) is 17.4 Å². The van der Waals surface area contributed by atoms with E-state index in [1.807, 2.05) is 55.6 Å². The third-order valence-corrected chi connectivity index (χ3v) is 5.27. The Hall–Kier alpha value is -3.64. The van der Waals surface area contributed by atoms with Crippen LogP contribution in [0.2, 0.25) is 0 Å². The molecule has 0 saturated heterocycles. The average molecular weight is 398 g/mol. The number of fused-ring (bicyclic) bond motifs is 2. The second kappa shape index (κ2) is 7.65. The van der Waals surface area contributed by atoms with Gasteiger partial charge in [-0.3, -0.25) is 10.1 Å². The second-order valence-electron chi connectivity index (χ2n) is 7.41. The zero-order valence-corrected chi connectivity index (χ0v) is 16.6. The van der Waals surface area contributed by atoms with Gasteiger partial charge in [-0.05, 0) is 42.8 Å². The lowest BCUT2D eigenvalue weighted by molar-refractivity contribution is 0.201. The smallest absolute Gasteiger partial charge is 0.138 e. The molecule has 0 bridgehead atoms. The number of aryl methyl sites for hydroxylation is 1. The fraction of sp³-hybridized carbons (Fsp3) is 0.167. The Morgan fingerprint density at radius 1 is 1.07 bits per heavy atom. The molecule has 3 N–H and O–H groups in total. The van der Waals surface area contributed by atoms with Crippen LogP contribution in [-0.4, -0.2) is 27.8 Å². The highest BCUT2D eigenvalue weighted by atomic mass is 16.5. The molecule has 0 aliphatic rings. The number of pyridine rings is 1. The molecule has 0 aliphatic carbocycles. The highest BCUT2D eigenvalue weighted by Gasteiger charge is 2.14. The number of para-hydroxylation sites is 1. The molecule has 3 heterocycles. The summed E-state index contributed by atoms with van der Waals surface area (Å²) in [5.41, 5.74) is 10.9. The van der Waals surface area contributed by atoms with E-state index in [0.29, 0.717) is 18.7 Å². The van der Waals surface area contributed by atoms with E-state index >= 15 is 0 Å². The Kier molecular flexibility index (Phi) is 4.69. The number of benzene rings is 2. The summed E-state index contributed by atoms with van der Waals surface area (Å²) in [6, 6.07) is 18.2. The van der Waals surface area contributed by atoms with Crippen LogP contribution in [0.3, 0.4) is 0 Å². The number of aromatic amines is 1. The molecule has 5 rings (SSSR count). The number of hydrogen-bond donors (Lipinski definition) is 2. The molecule has 0 amide bonds. The zero-order chi connectivity index (χ0) is 20.5. The van der Waals surface area contributed by atoms with Gasteiger partial charge in [0.2, 0.25) is 0 Å². The molecule has 3 aromatic heterocycles. The number of furan rings is 1. The highest BCUT2D eigenvalue weighted by molar-refractivity contribution is 5.86. The van der Waals surface area contributed by atoms with Gasteiger partial charge in [-0.1, -0.05) is 24.3 Å². The molecule has 0 saturated carbocycles. The predicted octanol–water partition coefficient (Wildman–Crippen LogP) is 4.63. The molecule has 6 nitrogen and oxygen atoms in total. The first kappa shape index (κ1) is 18.4. The van der Waals surface area contributed by atoms with E-state index in [1.165, 1.54) is 0 Å². The van der Waals surface area contributed by atoms with Crippen molar-refractivity contribution >= 4 is 21.9 Å². The van der Waals surface area contributed by atoms with E-state index in [2.05, 4.69) is 27.3 Å². The van der Waals surface area contributed by atoms with Gasteiger partial charge in [0.25, 0.3) is 0 Å². The Balaban J connectivity index is 1.37. The van der Waals surface area contributed by atoms with Crippen molar-refractivity contribution in [1.29, 1.82) is 0 Å². The molecule has 0 spiro atoms. The van der Waals surface area contributed by atoms with Crippen molar-refractivity contribution in [3.63, 3.8) is 0 Å². The maximum Gasteiger partial charge on any atom is 0.138 e. The number of nitrogens with two attached hydrogens (primary N) is 1. The van der Waals surface area contributed by atoms with E-state index in [0.717, 1.165) is 44.5 Å². The van der Waals surface area contributed by atoms with Gasteiger partial charge in [0, 0.05) is 35.5 Å². The summed E-state index contributed by atoms with van der Waals surface area (Å²) in [6.45, 7) is 2.37. The molecule has 30 heavy (non-hydrogen) atoms. The van der Waals surface area contributed by atoms with E-state index in [-0.39, 0.29) is 6.10 Å². The van der Waals surface area contributed by atoms with Crippen molar-refractivity contribution < 1.29 is 9.15 Å². The number of aromatic nitrogens is 3. The van der Waals surface area contributed by atoms with E-state index in [4.69, 9.17) is 14.9 Å². The van der Waals surface area contributed by atoms with Crippen LogP contribution in [0, 0.1) is 6.92 Å². The number of ether oxygens (including phenoxy) is 1. The summed E-state index contributed by atoms with van der Waals surface area (Å²) in [5, 5.41) is 9.48.